The smallest absolute Gasteiger partial charge is 0.245 e. The Hall–Kier alpha value is -3.00. The number of aromatic amines is 1. The van der Waals surface area contributed by atoms with Crippen molar-refractivity contribution >= 4 is 5.95 Å². The lowest BCUT2D eigenvalue weighted by atomic mass is 9.97. The summed E-state index contributed by atoms with van der Waals surface area (Å²) in [6.45, 7) is 1.99. The van der Waals surface area contributed by atoms with Crippen LogP contribution in [0.5, 0.6) is 5.75 Å². The molecule has 8 nitrogen and oxygen atoms in total. The lowest BCUT2D eigenvalue weighted by Crippen LogP contribution is -2.35. The van der Waals surface area contributed by atoms with Crippen molar-refractivity contribution in [3.63, 3.8) is 0 Å². The number of benzene rings is 1. The van der Waals surface area contributed by atoms with Crippen LogP contribution in [0.25, 0.3) is 22.4 Å². The summed E-state index contributed by atoms with van der Waals surface area (Å²) in [5.41, 5.74) is 2.99. The zero-order chi connectivity index (χ0) is 20.0. The highest BCUT2D eigenvalue weighted by atomic mass is 16.3. The molecule has 1 aliphatic carbocycles. The Kier molecular flexibility index (Phi) is 4.43. The summed E-state index contributed by atoms with van der Waals surface area (Å²) in [7, 11) is 4.35. The molecule has 3 aromatic rings. The van der Waals surface area contributed by atoms with Gasteiger partial charge in [0.1, 0.15) is 11.4 Å². The van der Waals surface area contributed by atoms with Gasteiger partial charge in [-0.3, -0.25) is 5.10 Å². The molecule has 3 atom stereocenters. The zero-order valence-electron chi connectivity index (χ0n) is 16.7. The van der Waals surface area contributed by atoms with Crippen molar-refractivity contribution in [3.8, 4) is 28.1 Å². The van der Waals surface area contributed by atoms with E-state index < -0.39 is 0 Å². The molecule has 3 heterocycles. The van der Waals surface area contributed by atoms with Crippen molar-refractivity contribution in [2.75, 3.05) is 32.1 Å². The first-order valence-electron chi connectivity index (χ1n) is 10.0. The second kappa shape index (κ2) is 7.11. The molecule has 0 amide bonds. The predicted octanol–water partition coefficient (Wildman–Crippen LogP) is 2.41. The minimum absolute atomic E-state index is 0.150. The molecular formula is C21H25N7O. The molecule has 2 N–H and O–H groups in total. The highest BCUT2D eigenvalue weighted by Gasteiger charge is 2.44. The lowest BCUT2D eigenvalue weighted by molar-refractivity contribution is 0.237. The molecule has 0 radical (unpaired) electrons. The molecule has 5 rings (SSSR count). The average Bonchev–Trinajstić information content (AvgIpc) is 3.45. The van der Waals surface area contributed by atoms with Gasteiger partial charge in [-0.25, -0.2) is 4.98 Å². The molecule has 1 aliphatic heterocycles. The minimum atomic E-state index is 0.150. The molecule has 150 valence electrons. The number of phenolic OH excluding ortho intramolecular Hbond substituents is 1. The van der Waals surface area contributed by atoms with Crippen molar-refractivity contribution in [2.45, 2.75) is 18.9 Å². The summed E-state index contributed by atoms with van der Waals surface area (Å²) in [5, 5.41) is 25.9. The van der Waals surface area contributed by atoms with Crippen molar-refractivity contribution in [3.05, 3.63) is 36.8 Å². The third-order valence-electron chi connectivity index (χ3n) is 6.42. The second-order valence-electron chi connectivity index (χ2n) is 8.30. The lowest BCUT2D eigenvalue weighted by Gasteiger charge is -2.26. The van der Waals surface area contributed by atoms with E-state index in [-0.39, 0.29) is 5.75 Å². The number of anilines is 1. The number of hydrogen-bond donors (Lipinski definition) is 2. The number of aromatic hydroxyl groups is 1. The monoisotopic (exact) mass is 391 g/mol. The number of H-pyrrole nitrogens is 1. The van der Waals surface area contributed by atoms with E-state index in [9.17, 15) is 5.11 Å². The van der Waals surface area contributed by atoms with Gasteiger partial charge in [-0.2, -0.15) is 5.10 Å². The van der Waals surface area contributed by atoms with E-state index in [0.717, 1.165) is 24.2 Å². The van der Waals surface area contributed by atoms with Crippen molar-refractivity contribution < 1.29 is 5.11 Å². The Morgan fingerprint density at radius 2 is 2.00 bits per heavy atom. The normalized spacial score (nSPS) is 23.7. The van der Waals surface area contributed by atoms with Gasteiger partial charge in [-0.1, -0.05) is 6.07 Å². The highest BCUT2D eigenvalue weighted by molar-refractivity contribution is 5.73. The van der Waals surface area contributed by atoms with Gasteiger partial charge in [0.15, 0.2) is 0 Å². The molecule has 1 aromatic carbocycles. The Morgan fingerprint density at radius 1 is 1.10 bits per heavy atom. The molecule has 0 unspecified atom stereocenters. The maximum atomic E-state index is 10.5. The van der Waals surface area contributed by atoms with Crippen LogP contribution in [0.2, 0.25) is 0 Å². The van der Waals surface area contributed by atoms with E-state index in [2.05, 4.69) is 49.3 Å². The fraction of sp³-hybridized carbons (Fsp3) is 0.429. The number of rotatable bonds is 4. The Labute approximate surface area is 169 Å². The molecule has 29 heavy (non-hydrogen) atoms. The maximum Gasteiger partial charge on any atom is 0.245 e. The Balaban J connectivity index is 1.34. The fourth-order valence-electron chi connectivity index (χ4n) is 4.92. The van der Waals surface area contributed by atoms with Gasteiger partial charge in [0, 0.05) is 36.5 Å². The number of nitrogens with one attached hydrogen (secondary N) is 1. The van der Waals surface area contributed by atoms with Gasteiger partial charge in [-0.05, 0) is 56.5 Å². The van der Waals surface area contributed by atoms with Crippen LogP contribution in [0.4, 0.5) is 5.95 Å². The van der Waals surface area contributed by atoms with E-state index in [0.29, 0.717) is 35.1 Å². The second-order valence-corrected chi connectivity index (χ2v) is 8.30. The standard InChI is InChI=1S/C21H25N7O/c1-27(2)19-6-4-14-11-28(12-17(14)19)21-22-10-18(25-26-21)16-5-3-13(7-20(16)29)15-8-23-24-9-15/h3,5,7-10,14,17,19,29H,4,6,11-12H2,1-2H3,(H,23,24)/t14-,17+,19-/m1/s1. The molecule has 8 heteroatoms. The third-order valence-corrected chi connectivity index (χ3v) is 6.42. The average molecular weight is 391 g/mol. The summed E-state index contributed by atoms with van der Waals surface area (Å²) in [4.78, 5) is 9.17. The number of fused-ring (bicyclic) bond motifs is 1. The topological polar surface area (TPSA) is 94.1 Å². The quantitative estimate of drug-likeness (QED) is 0.705. The predicted molar refractivity (Wildman–Crippen MR) is 110 cm³/mol. The van der Waals surface area contributed by atoms with E-state index in [1.54, 1.807) is 24.7 Å². The third kappa shape index (κ3) is 3.23. The molecule has 0 spiro atoms. The van der Waals surface area contributed by atoms with Crippen LogP contribution < -0.4 is 4.90 Å². The minimum Gasteiger partial charge on any atom is -0.507 e. The Bertz CT molecular complexity index is 987. The largest absolute Gasteiger partial charge is 0.507 e. The summed E-state index contributed by atoms with van der Waals surface area (Å²) < 4.78 is 0. The van der Waals surface area contributed by atoms with Crippen LogP contribution in [0.3, 0.4) is 0 Å². The van der Waals surface area contributed by atoms with E-state index in [1.165, 1.54) is 12.8 Å². The fourth-order valence-corrected chi connectivity index (χ4v) is 4.92. The van der Waals surface area contributed by atoms with Crippen molar-refractivity contribution in [2.24, 2.45) is 11.8 Å². The summed E-state index contributed by atoms with van der Waals surface area (Å²) in [6, 6.07) is 6.12. The zero-order valence-corrected chi connectivity index (χ0v) is 16.7. The summed E-state index contributed by atoms with van der Waals surface area (Å²) >= 11 is 0. The summed E-state index contributed by atoms with van der Waals surface area (Å²) in [6.07, 6.45) is 7.76. The first-order valence-corrected chi connectivity index (χ1v) is 10.0. The van der Waals surface area contributed by atoms with Crippen molar-refractivity contribution in [1.29, 1.82) is 0 Å². The van der Waals surface area contributed by atoms with E-state index >= 15 is 0 Å². The van der Waals surface area contributed by atoms with Crippen LogP contribution in [0, 0.1) is 11.8 Å². The first kappa shape index (κ1) is 18.1. The Morgan fingerprint density at radius 3 is 2.69 bits per heavy atom. The summed E-state index contributed by atoms with van der Waals surface area (Å²) in [5.74, 6) is 2.21. The van der Waals surface area contributed by atoms with Gasteiger partial charge in [-0.15, -0.1) is 10.2 Å². The highest BCUT2D eigenvalue weighted by Crippen LogP contribution is 2.41. The first-order chi connectivity index (χ1) is 14.1. The van der Waals surface area contributed by atoms with Gasteiger partial charge in [0.2, 0.25) is 5.95 Å². The van der Waals surface area contributed by atoms with Gasteiger partial charge >= 0.3 is 0 Å². The van der Waals surface area contributed by atoms with Crippen LogP contribution in [0.1, 0.15) is 12.8 Å². The van der Waals surface area contributed by atoms with E-state index in [1.807, 2.05) is 12.1 Å². The number of nitrogens with zero attached hydrogens (tertiary/aromatic N) is 6. The van der Waals surface area contributed by atoms with Gasteiger partial charge < -0.3 is 14.9 Å². The van der Waals surface area contributed by atoms with Crippen LogP contribution >= 0.6 is 0 Å². The molecule has 0 bridgehead atoms. The molecular weight excluding hydrogens is 366 g/mol. The van der Waals surface area contributed by atoms with Crippen LogP contribution in [0.15, 0.2) is 36.8 Å². The van der Waals surface area contributed by atoms with Crippen molar-refractivity contribution in [1.82, 2.24) is 30.3 Å². The molecule has 2 aromatic heterocycles. The molecule has 2 aliphatic rings. The van der Waals surface area contributed by atoms with Crippen LogP contribution in [-0.2, 0) is 0 Å². The van der Waals surface area contributed by atoms with Gasteiger partial charge in [0.05, 0.1) is 12.4 Å². The number of hydrogen-bond acceptors (Lipinski definition) is 7. The molecule has 1 saturated heterocycles. The van der Waals surface area contributed by atoms with Gasteiger partial charge in [0.25, 0.3) is 0 Å². The number of aromatic nitrogens is 5. The van der Waals surface area contributed by atoms with Crippen LogP contribution in [-0.4, -0.2) is 68.6 Å². The molecule has 2 fully saturated rings. The van der Waals surface area contributed by atoms with E-state index in [4.69, 9.17) is 0 Å². The maximum absolute atomic E-state index is 10.5. The SMILES string of the molecule is CN(C)[C@@H]1CC[C@@H]2CN(c3ncc(-c4ccc(-c5cn[nH]c5)cc4O)nn3)C[C@@H]21. The molecule has 1 saturated carbocycles. The number of phenols is 1.